The minimum Gasteiger partial charge on any atom is -0.352 e. The molecule has 1 fully saturated rings. The summed E-state index contributed by atoms with van der Waals surface area (Å²) in [4.78, 5) is 16.9. The Kier molecular flexibility index (Phi) is 5.26. The van der Waals surface area contributed by atoms with E-state index in [0.29, 0.717) is 28.7 Å². The number of hydrogen-bond acceptors (Lipinski definition) is 3. The Morgan fingerprint density at radius 2 is 2.09 bits per heavy atom. The number of carbonyl (C=O) groups is 1. The van der Waals surface area contributed by atoms with Crippen LogP contribution in [0, 0.1) is 5.92 Å². The van der Waals surface area contributed by atoms with Gasteiger partial charge in [0.15, 0.2) is 0 Å². The fraction of sp³-hybridized carbons (Fsp3) is 0.333. The number of hydrogen-bond donors (Lipinski definition) is 2. The summed E-state index contributed by atoms with van der Waals surface area (Å²) < 4.78 is 0. The average Bonchev–Trinajstić information content (AvgIpc) is 2.60. The summed E-state index contributed by atoms with van der Waals surface area (Å²) in [5.41, 5.74) is 2.10. The summed E-state index contributed by atoms with van der Waals surface area (Å²) in [5.74, 6) is 0.470. The minimum atomic E-state index is -0.0772. The Labute approximate surface area is 141 Å². The predicted octanol–water partition coefficient (Wildman–Crippen LogP) is 3.13. The summed E-state index contributed by atoms with van der Waals surface area (Å²) >= 11 is 6.06. The molecule has 120 valence electrons. The van der Waals surface area contributed by atoms with Gasteiger partial charge in [-0.05, 0) is 56.1 Å². The summed E-state index contributed by atoms with van der Waals surface area (Å²) in [6, 6.07) is 11.0. The third-order valence-electron chi connectivity index (χ3n) is 4.16. The topological polar surface area (TPSA) is 54.0 Å². The number of nitrogens with zero attached hydrogens (tertiary/aromatic N) is 1. The van der Waals surface area contributed by atoms with Crippen molar-refractivity contribution >= 4 is 17.5 Å². The van der Waals surface area contributed by atoms with Crippen molar-refractivity contribution in [1.82, 2.24) is 15.6 Å². The van der Waals surface area contributed by atoms with Crippen molar-refractivity contribution in [3.05, 3.63) is 53.2 Å². The zero-order valence-corrected chi connectivity index (χ0v) is 13.6. The van der Waals surface area contributed by atoms with Crippen LogP contribution in [-0.4, -0.2) is 30.5 Å². The molecule has 0 radical (unpaired) electrons. The summed E-state index contributed by atoms with van der Waals surface area (Å²) in [7, 11) is 0. The van der Waals surface area contributed by atoms with Crippen LogP contribution >= 0.6 is 11.6 Å². The molecule has 4 nitrogen and oxygen atoms in total. The lowest BCUT2D eigenvalue weighted by molar-refractivity contribution is 0.0944. The van der Waals surface area contributed by atoms with Gasteiger partial charge in [-0.3, -0.25) is 9.78 Å². The Bertz CT molecular complexity index is 683. The van der Waals surface area contributed by atoms with Crippen LogP contribution in [0.4, 0.5) is 0 Å². The van der Waals surface area contributed by atoms with Crippen LogP contribution in [0.3, 0.4) is 0 Å². The van der Waals surface area contributed by atoms with Gasteiger partial charge in [0.1, 0.15) is 0 Å². The van der Waals surface area contributed by atoms with E-state index in [2.05, 4.69) is 15.6 Å². The van der Waals surface area contributed by atoms with Crippen LogP contribution in [0.25, 0.3) is 11.3 Å². The first-order valence-electron chi connectivity index (χ1n) is 7.94. The maximum Gasteiger partial charge on any atom is 0.253 e. The van der Waals surface area contributed by atoms with Gasteiger partial charge in [-0.15, -0.1) is 0 Å². The van der Waals surface area contributed by atoms with E-state index in [1.54, 1.807) is 18.3 Å². The fourth-order valence-corrected chi connectivity index (χ4v) is 3.06. The second kappa shape index (κ2) is 7.57. The van der Waals surface area contributed by atoms with E-state index in [1.165, 1.54) is 0 Å². The smallest absolute Gasteiger partial charge is 0.253 e. The third-order valence-corrected chi connectivity index (χ3v) is 4.40. The van der Waals surface area contributed by atoms with Gasteiger partial charge in [0, 0.05) is 23.3 Å². The van der Waals surface area contributed by atoms with E-state index >= 15 is 0 Å². The van der Waals surface area contributed by atoms with Gasteiger partial charge < -0.3 is 10.6 Å². The van der Waals surface area contributed by atoms with Crippen LogP contribution in [0.15, 0.2) is 42.6 Å². The average molecular weight is 330 g/mol. The molecule has 3 rings (SSSR count). The predicted molar refractivity (Wildman–Crippen MR) is 92.6 cm³/mol. The van der Waals surface area contributed by atoms with Gasteiger partial charge in [-0.1, -0.05) is 23.7 Å². The molecule has 2 heterocycles. The van der Waals surface area contributed by atoms with Crippen molar-refractivity contribution < 1.29 is 4.79 Å². The molecule has 1 aromatic heterocycles. The number of nitrogens with one attached hydrogen (secondary N) is 2. The first-order valence-corrected chi connectivity index (χ1v) is 8.31. The van der Waals surface area contributed by atoms with Crippen molar-refractivity contribution in [3.63, 3.8) is 0 Å². The molecule has 0 atom stereocenters. The SMILES string of the molecule is O=C(NCC1CCNCC1)c1cccnc1-c1cccc(Cl)c1. The fourth-order valence-electron chi connectivity index (χ4n) is 2.87. The van der Waals surface area contributed by atoms with Crippen LogP contribution in [0.5, 0.6) is 0 Å². The number of piperidine rings is 1. The second-order valence-corrected chi connectivity index (χ2v) is 6.25. The minimum absolute atomic E-state index is 0.0772. The zero-order valence-electron chi connectivity index (χ0n) is 12.9. The summed E-state index contributed by atoms with van der Waals surface area (Å²) in [6.07, 6.45) is 3.91. The largest absolute Gasteiger partial charge is 0.352 e. The maximum atomic E-state index is 12.6. The molecule has 1 aliphatic heterocycles. The quantitative estimate of drug-likeness (QED) is 0.906. The van der Waals surface area contributed by atoms with Gasteiger partial charge in [0.2, 0.25) is 0 Å². The van der Waals surface area contributed by atoms with Crippen molar-refractivity contribution in [2.45, 2.75) is 12.8 Å². The third kappa shape index (κ3) is 4.09. The van der Waals surface area contributed by atoms with Crippen molar-refractivity contribution in [2.24, 2.45) is 5.92 Å². The zero-order chi connectivity index (χ0) is 16.1. The monoisotopic (exact) mass is 329 g/mol. The van der Waals surface area contributed by atoms with E-state index in [1.807, 2.05) is 24.3 Å². The number of aromatic nitrogens is 1. The van der Waals surface area contributed by atoms with Crippen molar-refractivity contribution in [1.29, 1.82) is 0 Å². The van der Waals surface area contributed by atoms with E-state index in [0.717, 1.165) is 31.5 Å². The molecule has 2 N–H and O–H groups in total. The number of halogens is 1. The van der Waals surface area contributed by atoms with Crippen LogP contribution < -0.4 is 10.6 Å². The van der Waals surface area contributed by atoms with Crippen LogP contribution in [-0.2, 0) is 0 Å². The van der Waals surface area contributed by atoms with Crippen LogP contribution in [0.2, 0.25) is 5.02 Å². The maximum absolute atomic E-state index is 12.6. The highest BCUT2D eigenvalue weighted by molar-refractivity contribution is 6.30. The summed E-state index contributed by atoms with van der Waals surface area (Å²) in [5, 5.41) is 7.02. The van der Waals surface area contributed by atoms with Crippen molar-refractivity contribution in [2.75, 3.05) is 19.6 Å². The van der Waals surface area contributed by atoms with Gasteiger partial charge in [0.25, 0.3) is 5.91 Å². The molecule has 1 aliphatic rings. The van der Waals surface area contributed by atoms with Gasteiger partial charge in [0.05, 0.1) is 11.3 Å². The lowest BCUT2D eigenvalue weighted by atomic mass is 9.98. The number of benzene rings is 1. The number of amides is 1. The normalized spacial score (nSPS) is 15.3. The molecule has 1 amide bonds. The van der Waals surface area contributed by atoms with E-state index in [9.17, 15) is 4.79 Å². The molecule has 0 saturated carbocycles. The Morgan fingerprint density at radius 1 is 1.26 bits per heavy atom. The molecule has 0 unspecified atom stereocenters. The van der Waals surface area contributed by atoms with Crippen LogP contribution in [0.1, 0.15) is 23.2 Å². The van der Waals surface area contributed by atoms with E-state index < -0.39 is 0 Å². The molecule has 2 aromatic rings. The lowest BCUT2D eigenvalue weighted by Gasteiger charge is -2.22. The van der Waals surface area contributed by atoms with Crippen molar-refractivity contribution in [3.8, 4) is 11.3 Å². The molecule has 1 saturated heterocycles. The number of carbonyl (C=O) groups excluding carboxylic acids is 1. The Morgan fingerprint density at radius 3 is 2.87 bits per heavy atom. The molecule has 0 bridgehead atoms. The molecule has 0 spiro atoms. The van der Waals surface area contributed by atoms with Gasteiger partial charge in [-0.25, -0.2) is 0 Å². The summed E-state index contributed by atoms with van der Waals surface area (Å²) in [6.45, 7) is 2.77. The Balaban J connectivity index is 1.75. The molecular formula is C18H20ClN3O. The standard InChI is InChI=1S/C18H20ClN3O/c19-15-4-1-3-14(11-15)17-16(5-2-8-21-17)18(23)22-12-13-6-9-20-10-7-13/h1-5,8,11,13,20H,6-7,9-10,12H2,(H,22,23). The lowest BCUT2D eigenvalue weighted by Crippen LogP contribution is -2.36. The molecule has 0 aliphatic carbocycles. The number of rotatable bonds is 4. The second-order valence-electron chi connectivity index (χ2n) is 5.81. The van der Waals surface area contributed by atoms with E-state index in [4.69, 9.17) is 11.6 Å². The molecule has 5 heteroatoms. The molecule has 23 heavy (non-hydrogen) atoms. The highest BCUT2D eigenvalue weighted by Crippen LogP contribution is 2.24. The molecule has 1 aromatic carbocycles. The van der Waals surface area contributed by atoms with Gasteiger partial charge >= 0.3 is 0 Å². The van der Waals surface area contributed by atoms with E-state index in [-0.39, 0.29) is 5.91 Å². The highest BCUT2D eigenvalue weighted by Gasteiger charge is 2.17. The first kappa shape index (κ1) is 16.0. The van der Waals surface area contributed by atoms with Gasteiger partial charge in [-0.2, -0.15) is 0 Å². The Hall–Kier alpha value is -1.91. The molecular weight excluding hydrogens is 310 g/mol. The number of pyridine rings is 1. The first-order chi connectivity index (χ1) is 11.2. The highest BCUT2D eigenvalue weighted by atomic mass is 35.5.